The van der Waals surface area contributed by atoms with Crippen LogP contribution in [-0.2, 0) is 6.54 Å². The molecule has 0 amide bonds. The Labute approximate surface area is 152 Å². The number of aromatic nitrogens is 5. The molecule has 1 aromatic carbocycles. The van der Waals surface area contributed by atoms with E-state index in [1.807, 2.05) is 41.8 Å². The molecule has 0 saturated carbocycles. The number of anilines is 1. The van der Waals surface area contributed by atoms with Gasteiger partial charge in [-0.15, -0.1) is 16.4 Å². The maximum absolute atomic E-state index is 6.22. The van der Waals surface area contributed by atoms with Gasteiger partial charge in [0, 0.05) is 9.90 Å². The second kappa shape index (κ2) is 6.96. The molecule has 4 aromatic rings. The molecule has 1 N–H and O–H groups in total. The average molecular weight is 370 g/mol. The Kier molecular flexibility index (Phi) is 4.36. The number of nitrogens with zero attached hydrogens (tertiary/aromatic N) is 6. The van der Waals surface area contributed by atoms with E-state index in [0.29, 0.717) is 28.5 Å². The Bertz CT molecular complexity index is 1030. The fourth-order valence-corrected chi connectivity index (χ4v) is 3.07. The number of thiophene rings is 1. The number of halogens is 1. The molecular formula is C16H12ClN7S. The lowest BCUT2D eigenvalue weighted by atomic mass is 10.2. The van der Waals surface area contributed by atoms with Crippen molar-refractivity contribution in [2.45, 2.75) is 6.54 Å². The number of hydrogen-bond acceptors (Lipinski definition) is 7. The van der Waals surface area contributed by atoms with Crippen molar-refractivity contribution in [1.82, 2.24) is 25.0 Å². The molecule has 0 spiro atoms. The first kappa shape index (κ1) is 15.7. The van der Waals surface area contributed by atoms with Gasteiger partial charge in [0.15, 0.2) is 17.0 Å². The fourth-order valence-electron chi connectivity index (χ4n) is 2.29. The molecule has 25 heavy (non-hydrogen) atoms. The highest BCUT2D eigenvalue weighted by Gasteiger charge is 2.12. The zero-order chi connectivity index (χ0) is 17.1. The zero-order valence-corrected chi connectivity index (χ0v) is 14.4. The molecule has 0 radical (unpaired) electrons. The zero-order valence-electron chi connectivity index (χ0n) is 12.9. The van der Waals surface area contributed by atoms with E-state index in [-0.39, 0.29) is 0 Å². The van der Waals surface area contributed by atoms with E-state index in [1.54, 1.807) is 22.2 Å². The van der Waals surface area contributed by atoms with Gasteiger partial charge in [0.05, 0.1) is 12.8 Å². The summed E-state index contributed by atoms with van der Waals surface area (Å²) in [6, 6.07) is 11.6. The van der Waals surface area contributed by atoms with E-state index in [0.717, 1.165) is 10.4 Å². The molecule has 0 saturated heterocycles. The van der Waals surface area contributed by atoms with Crippen molar-refractivity contribution in [2.75, 3.05) is 5.43 Å². The van der Waals surface area contributed by atoms with Crippen molar-refractivity contribution in [3.05, 3.63) is 63.6 Å². The van der Waals surface area contributed by atoms with Crippen molar-refractivity contribution >= 4 is 46.1 Å². The number of rotatable bonds is 5. The molecule has 9 heteroatoms. The third-order valence-corrected chi connectivity index (χ3v) is 4.66. The molecule has 3 heterocycles. The number of benzene rings is 1. The van der Waals surface area contributed by atoms with Gasteiger partial charge in [-0.2, -0.15) is 5.10 Å². The maximum atomic E-state index is 6.22. The van der Waals surface area contributed by atoms with Crippen molar-refractivity contribution in [3.8, 4) is 0 Å². The molecule has 0 aliphatic rings. The van der Waals surface area contributed by atoms with Gasteiger partial charge in [0.25, 0.3) is 0 Å². The van der Waals surface area contributed by atoms with Crippen LogP contribution in [-0.4, -0.2) is 31.2 Å². The van der Waals surface area contributed by atoms with Gasteiger partial charge in [0.1, 0.15) is 6.33 Å². The second-order valence-corrected chi connectivity index (χ2v) is 6.50. The normalized spacial score (nSPS) is 11.4. The lowest BCUT2D eigenvalue weighted by Gasteiger charge is -2.04. The van der Waals surface area contributed by atoms with Crippen molar-refractivity contribution < 1.29 is 0 Å². The third kappa shape index (κ3) is 3.35. The smallest absolute Gasteiger partial charge is 0.184 e. The van der Waals surface area contributed by atoms with Crippen LogP contribution >= 0.6 is 22.9 Å². The molecular weight excluding hydrogens is 358 g/mol. The minimum Gasteiger partial charge on any atom is -0.259 e. The molecule has 0 bridgehead atoms. The molecule has 0 aliphatic heterocycles. The van der Waals surface area contributed by atoms with Gasteiger partial charge in [0.2, 0.25) is 0 Å². The summed E-state index contributed by atoms with van der Waals surface area (Å²) in [7, 11) is 0. The van der Waals surface area contributed by atoms with E-state index < -0.39 is 0 Å². The Morgan fingerprint density at radius 2 is 2.12 bits per heavy atom. The van der Waals surface area contributed by atoms with Gasteiger partial charge in [-0.05, 0) is 23.1 Å². The second-order valence-electron chi connectivity index (χ2n) is 5.12. The van der Waals surface area contributed by atoms with Crippen molar-refractivity contribution in [2.24, 2.45) is 5.10 Å². The molecule has 124 valence electrons. The SMILES string of the molecule is Clc1ccccc1Cn1nnc2c(NN=Cc3cccs3)ncnc21. The molecule has 0 atom stereocenters. The first-order valence-electron chi connectivity index (χ1n) is 7.41. The highest BCUT2D eigenvalue weighted by molar-refractivity contribution is 7.11. The molecule has 0 fully saturated rings. The van der Waals surface area contributed by atoms with Gasteiger partial charge in [-0.25, -0.2) is 14.6 Å². The highest BCUT2D eigenvalue weighted by Crippen LogP contribution is 2.20. The number of nitrogens with one attached hydrogen (secondary N) is 1. The van der Waals surface area contributed by atoms with Crippen molar-refractivity contribution in [3.63, 3.8) is 0 Å². The van der Waals surface area contributed by atoms with E-state index in [1.165, 1.54) is 6.33 Å². The summed E-state index contributed by atoms with van der Waals surface area (Å²) in [4.78, 5) is 9.51. The third-order valence-electron chi connectivity index (χ3n) is 3.48. The first-order valence-corrected chi connectivity index (χ1v) is 8.67. The quantitative estimate of drug-likeness (QED) is 0.430. The lowest BCUT2D eigenvalue weighted by Crippen LogP contribution is -2.04. The van der Waals surface area contributed by atoms with Gasteiger partial charge < -0.3 is 0 Å². The van der Waals surface area contributed by atoms with Gasteiger partial charge >= 0.3 is 0 Å². The standard InChI is InChI=1S/C16H12ClN7S/c17-13-6-2-1-4-11(13)9-24-16-14(21-23-24)15(18-10-19-16)22-20-8-12-5-3-7-25-12/h1-8,10H,9H2,(H,18,19,22). The van der Waals surface area contributed by atoms with Crippen LogP contribution in [0.15, 0.2) is 53.2 Å². The monoisotopic (exact) mass is 369 g/mol. The van der Waals surface area contributed by atoms with E-state index in [9.17, 15) is 0 Å². The number of hydrazone groups is 1. The fraction of sp³-hybridized carbons (Fsp3) is 0.0625. The predicted molar refractivity (Wildman–Crippen MR) is 99.2 cm³/mol. The maximum Gasteiger partial charge on any atom is 0.184 e. The largest absolute Gasteiger partial charge is 0.259 e. The minimum absolute atomic E-state index is 0.477. The predicted octanol–water partition coefficient (Wildman–Crippen LogP) is 3.43. The first-order chi connectivity index (χ1) is 12.3. The topological polar surface area (TPSA) is 80.9 Å². The van der Waals surface area contributed by atoms with E-state index in [4.69, 9.17) is 11.6 Å². The summed E-state index contributed by atoms with van der Waals surface area (Å²) >= 11 is 7.82. The van der Waals surface area contributed by atoms with Gasteiger partial charge in [-0.3, -0.25) is 5.43 Å². The summed E-state index contributed by atoms with van der Waals surface area (Å²) in [5, 5.41) is 15.2. The molecule has 7 nitrogen and oxygen atoms in total. The molecule has 4 rings (SSSR count). The Balaban J connectivity index is 1.60. The van der Waals surface area contributed by atoms with E-state index in [2.05, 4.69) is 30.8 Å². The van der Waals surface area contributed by atoms with Crippen LogP contribution in [0.3, 0.4) is 0 Å². The van der Waals surface area contributed by atoms with Crippen LogP contribution in [0, 0.1) is 0 Å². The number of hydrogen-bond donors (Lipinski definition) is 1. The molecule has 3 aromatic heterocycles. The Hall–Kier alpha value is -2.84. The van der Waals surface area contributed by atoms with Crippen LogP contribution in [0.5, 0.6) is 0 Å². The number of fused-ring (bicyclic) bond motifs is 1. The molecule has 0 aliphatic carbocycles. The summed E-state index contributed by atoms with van der Waals surface area (Å²) in [5.74, 6) is 0.503. The van der Waals surface area contributed by atoms with Crippen LogP contribution in [0.4, 0.5) is 5.82 Å². The average Bonchev–Trinajstić information content (AvgIpc) is 3.28. The Morgan fingerprint density at radius 1 is 1.20 bits per heavy atom. The van der Waals surface area contributed by atoms with Gasteiger partial charge in [-0.1, -0.05) is 41.1 Å². The van der Waals surface area contributed by atoms with Crippen LogP contribution in [0.2, 0.25) is 5.02 Å². The van der Waals surface area contributed by atoms with Crippen LogP contribution in [0.25, 0.3) is 11.2 Å². The summed E-state index contributed by atoms with van der Waals surface area (Å²) in [6.45, 7) is 0.477. The summed E-state index contributed by atoms with van der Waals surface area (Å²) in [5.41, 5.74) is 5.01. The van der Waals surface area contributed by atoms with E-state index >= 15 is 0 Å². The van der Waals surface area contributed by atoms with Crippen molar-refractivity contribution in [1.29, 1.82) is 0 Å². The summed E-state index contributed by atoms with van der Waals surface area (Å²) in [6.07, 6.45) is 3.19. The Morgan fingerprint density at radius 3 is 2.96 bits per heavy atom. The molecule has 0 unspecified atom stereocenters. The highest BCUT2D eigenvalue weighted by atomic mass is 35.5. The minimum atomic E-state index is 0.477. The lowest BCUT2D eigenvalue weighted by molar-refractivity contribution is 0.664. The van der Waals surface area contributed by atoms with Crippen LogP contribution < -0.4 is 5.43 Å². The summed E-state index contributed by atoms with van der Waals surface area (Å²) < 4.78 is 1.69. The van der Waals surface area contributed by atoms with Crippen LogP contribution in [0.1, 0.15) is 10.4 Å².